The summed E-state index contributed by atoms with van der Waals surface area (Å²) in [4.78, 5) is 1.44. The first-order valence-corrected chi connectivity index (χ1v) is 6.22. The second-order valence-electron chi connectivity index (χ2n) is 2.57. The standard InChI is InChI=1S/C9H7FS3/c1-12-8-5-2-3-13-9(5)7(11)4-6(8)10/h2-4,11H,1H3. The van der Waals surface area contributed by atoms with Crippen molar-refractivity contribution < 1.29 is 4.39 Å². The molecule has 0 bridgehead atoms. The minimum absolute atomic E-state index is 0.177. The van der Waals surface area contributed by atoms with Gasteiger partial charge in [-0.25, -0.2) is 4.39 Å². The van der Waals surface area contributed by atoms with Gasteiger partial charge in [0.1, 0.15) is 5.82 Å². The topological polar surface area (TPSA) is 0 Å². The van der Waals surface area contributed by atoms with Gasteiger partial charge in [0.25, 0.3) is 0 Å². The third-order valence-electron chi connectivity index (χ3n) is 1.83. The fourth-order valence-corrected chi connectivity index (χ4v) is 3.19. The first-order valence-electron chi connectivity index (χ1n) is 3.66. The normalized spacial score (nSPS) is 11.0. The minimum Gasteiger partial charge on any atom is -0.206 e. The van der Waals surface area contributed by atoms with Gasteiger partial charge in [-0.1, -0.05) is 0 Å². The molecule has 13 heavy (non-hydrogen) atoms. The van der Waals surface area contributed by atoms with Crippen molar-refractivity contribution in [1.82, 2.24) is 0 Å². The molecule has 0 atom stereocenters. The second kappa shape index (κ2) is 3.52. The van der Waals surface area contributed by atoms with Gasteiger partial charge in [-0.2, -0.15) is 0 Å². The van der Waals surface area contributed by atoms with Gasteiger partial charge in [-0.05, 0) is 23.8 Å². The summed E-state index contributed by atoms with van der Waals surface area (Å²) in [6.45, 7) is 0. The third-order valence-corrected chi connectivity index (χ3v) is 4.10. The van der Waals surface area contributed by atoms with Gasteiger partial charge >= 0.3 is 0 Å². The highest BCUT2D eigenvalue weighted by Gasteiger charge is 2.10. The van der Waals surface area contributed by atoms with Crippen LogP contribution in [0, 0.1) is 5.82 Å². The highest BCUT2D eigenvalue weighted by atomic mass is 32.2. The number of fused-ring (bicyclic) bond motifs is 1. The van der Waals surface area contributed by atoms with Gasteiger partial charge in [0.15, 0.2) is 0 Å². The molecule has 0 radical (unpaired) electrons. The van der Waals surface area contributed by atoms with Gasteiger partial charge in [0, 0.05) is 15.0 Å². The van der Waals surface area contributed by atoms with E-state index in [0.29, 0.717) is 4.90 Å². The lowest BCUT2D eigenvalue weighted by Crippen LogP contribution is -1.81. The molecule has 2 aromatic rings. The Morgan fingerprint density at radius 2 is 2.31 bits per heavy atom. The first-order chi connectivity index (χ1) is 6.24. The molecule has 0 saturated carbocycles. The maximum Gasteiger partial charge on any atom is 0.138 e. The fraction of sp³-hybridized carbons (Fsp3) is 0.111. The van der Waals surface area contributed by atoms with E-state index in [2.05, 4.69) is 12.6 Å². The molecule has 0 fully saturated rings. The van der Waals surface area contributed by atoms with Crippen LogP contribution in [-0.2, 0) is 0 Å². The number of thioether (sulfide) groups is 1. The molecule has 68 valence electrons. The van der Waals surface area contributed by atoms with Gasteiger partial charge in [-0.3, -0.25) is 0 Å². The predicted octanol–water partition coefficient (Wildman–Crippen LogP) is 4.05. The zero-order valence-electron chi connectivity index (χ0n) is 6.87. The molecule has 0 aliphatic rings. The molecule has 0 amide bonds. The Labute approximate surface area is 89.6 Å². The van der Waals surface area contributed by atoms with Crippen molar-refractivity contribution in [1.29, 1.82) is 0 Å². The van der Waals surface area contributed by atoms with Crippen LogP contribution in [0.5, 0.6) is 0 Å². The zero-order valence-corrected chi connectivity index (χ0v) is 9.40. The van der Waals surface area contributed by atoms with Gasteiger partial charge in [-0.15, -0.1) is 35.7 Å². The van der Waals surface area contributed by atoms with E-state index < -0.39 is 0 Å². The predicted molar refractivity (Wildman–Crippen MR) is 60.8 cm³/mol. The number of hydrogen-bond donors (Lipinski definition) is 1. The summed E-state index contributed by atoms with van der Waals surface area (Å²) in [5, 5.41) is 2.94. The van der Waals surface area contributed by atoms with Crippen molar-refractivity contribution in [2.75, 3.05) is 6.26 Å². The summed E-state index contributed by atoms with van der Waals surface area (Å²) in [5.74, 6) is -0.177. The summed E-state index contributed by atoms with van der Waals surface area (Å²) in [6.07, 6.45) is 1.88. The van der Waals surface area contributed by atoms with E-state index in [0.717, 1.165) is 15.0 Å². The SMILES string of the molecule is CSc1c(F)cc(S)c2sccc12. The van der Waals surface area contributed by atoms with Crippen LogP contribution in [0.1, 0.15) is 0 Å². The summed E-state index contributed by atoms with van der Waals surface area (Å²) in [7, 11) is 0. The lowest BCUT2D eigenvalue weighted by atomic mass is 10.2. The highest BCUT2D eigenvalue weighted by molar-refractivity contribution is 7.98. The van der Waals surface area contributed by atoms with Crippen LogP contribution in [-0.4, -0.2) is 6.26 Å². The molecule has 1 heterocycles. The van der Waals surface area contributed by atoms with Crippen molar-refractivity contribution in [2.24, 2.45) is 0 Å². The number of thiophene rings is 1. The Bertz CT molecular complexity index is 447. The number of thiol groups is 1. The monoisotopic (exact) mass is 230 g/mol. The summed E-state index contributed by atoms with van der Waals surface area (Å²) >= 11 is 7.27. The van der Waals surface area contributed by atoms with E-state index in [9.17, 15) is 4.39 Å². The maximum atomic E-state index is 13.4. The molecule has 0 nitrogen and oxygen atoms in total. The maximum absolute atomic E-state index is 13.4. The molecular formula is C9H7FS3. The molecule has 0 spiro atoms. The fourth-order valence-electron chi connectivity index (χ4n) is 1.27. The van der Waals surface area contributed by atoms with Crippen LogP contribution in [0.3, 0.4) is 0 Å². The van der Waals surface area contributed by atoms with Crippen LogP contribution >= 0.6 is 35.7 Å². The van der Waals surface area contributed by atoms with Crippen LogP contribution in [0.4, 0.5) is 4.39 Å². The Balaban J connectivity index is 2.88. The van der Waals surface area contributed by atoms with Crippen molar-refractivity contribution in [3.05, 3.63) is 23.3 Å². The molecule has 0 aliphatic heterocycles. The molecular weight excluding hydrogens is 223 g/mol. The van der Waals surface area contributed by atoms with E-state index in [1.54, 1.807) is 11.3 Å². The largest absolute Gasteiger partial charge is 0.206 e. The Morgan fingerprint density at radius 1 is 1.54 bits per heavy atom. The minimum atomic E-state index is -0.177. The van der Waals surface area contributed by atoms with Crippen molar-refractivity contribution in [3.8, 4) is 0 Å². The summed E-state index contributed by atoms with van der Waals surface area (Å²) in [5.41, 5.74) is 0. The average molecular weight is 230 g/mol. The van der Waals surface area contributed by atoms with Crippen LogP contribution in [0.2, 0.25) is 0 Å². The number of hydrogen-bond acceptors (Lipinski definition) is 3. The summed E-state index contributed by atoms with van der Waals surface area (Å²) < 4.78 is 14.5. The molecule has 4 heteroatoms. The summed E-state index contributed by atoms with van der Waals surface area (Å²) in [6, 6.07) is 3.42. The van der Waals surface area contributed by atoms with E-state index in [1.807, 2.05) is 17.7 Å². The van der Waals surface area contributed by atoms with Crippen molar-refractivity contribution >= 4 is 45.8 Å². The van der Waals surface area contributed by atoms with Crippen LogP contribution in [0.15, 0.2) is 27.3 Å². The van der Waals surface area contributed by atoms with E-state index in [-0.39, 0.29) is 5.82 Å². The Hall–Kier alpha value is -0.190. The molecule has 0 unspecified atom stereocenters. The average Bonchev–Trinajstić information content (AvgIpc) is 2.53. The van der Waals surface area contributed by atoms with Crippen LogP contribution in [0.25, 0.3) is 10.1 Å². The van der Waals surface area contributed by atoms with Gasteiger partial charge in [0.05, 0.1) is 4.90 Å². The Kier molecular flexibility index (Phi) is 2.53. The number of rotatable bonds is 1. The van der Waals surface area contributed by atoms with Gasteiger partial charge < -0.3 is 0 Å². The van der Waals surface area contributed by atoms with Crippen LogP contribution < -0.4 is 0 Å². The van der Waals surface area contributed by atoms with Gasteiger partial charge in [0.2, 0.25) is 0 Å². The van der Waals surface area contributed by atoms with Crippen molar-refractivity contribution in [3.63, 3.8) is 0 Å². The second-order valence-corrected chi connectivity index (χ2v) is 4.79. The molecule has 0 saturated heterocycles. The molecule has 1 aromatic carbocycles. The number of halogens is 1. The lowest BCUT2D eigenvalue weighted by Gasteiger charge is -2.02. The number of benzene rings is 1. The zero-order chi connectivity index (χ0) is 9.42. The molecule has 2 rings (SSSR count). The molecule has 1 aromatic heterocycles. The smallest absolute Gasteiger partial charge is 0.138 e. The third kappa shape index (κ3) is 1.47. The van der Waals surface area contributed by atoms with E-state index >= 15 is 0 Å². The highest BCUT2D eigenvalue weighted by Crippen LogP contribution is 2.36. The molecule has 0 N–H and O–H groups in total. The van der Waals surface area contributed by atoms with E-state index in [1.165, 1.54) is 17.8 Å². The lowest BCUT2D eigenvalue weighted by molar-refractivity contribution is 0.603. The Morgan fingerprint density at radius 3 is 3.00 bits per heavy atom. The quantitative estimate of drug-likeness (QED) is 0.569. The first kappa shape index (κ1) is 9.37. The van der Waals surface area contributed by atoms with E-state index in [4.69, 9.17) is 0 Å². The molecule has 0 aliphatic carbocycles. The van der Waals surface area contributed by atoms with Crippen molar-refractivity contribution in [2.45, 2.75) is 9.79 Å².